The lowest BCUT2D eigenvalue weighted by Gasteiger charge is -2.06. The number of thiophene rings is 1. The van der Waals surface area contributed by atoms with Crippen molar-refractivity contribution in [3.8, 4) is 0 Å². The van der Waals surface area contributed by atoms with Gasteiger partial charge in [0.1, 0.15) is 17.9 Å². The third-order valence-corrected chi connectivity index (χ3v) is 3.95. The molecule has 0 atom stereocenters. The monoisotopic (exact) mass is 276 g/mol. The lowest BCUT2D eigenvalue weighted by molar-refractivity contribution is -0.118. The number of carbonyl (C=O) groups excluding carboxylic acids is 1. The number of rotatable bonds is 2. The zero-order valence-corrected chi connectivity index (χ0v) is 11.3. The van der Waals surface area contributed by atoms with Gasteiger partial charge >= 0.3 is 0 Å². The Morgan fingerprint density at radius 3 is 2.79 bits per heavy atom. The molecule has 3 aromatic rings. The fourth-order valence-corrected chi connectivity index (χ4v) is 3.22. The fraction of sp³-hybridized carbons (Fsp3) is 0.250. The van der Waals surface area contributed by atoms with Crippen LogP contribution >= 0.6 is 11.3 Å². The van der Waals surface area contributed by atoms with Crippen LogP contribution in [0.25, 0.3) is 15.7 Å². The minimum Gasteiger partial charge on any atom is -0.368 e. The van der Waals surface area contributed by atoms with Crippen LogP contribution < -0.4 is 11.3 Å². The highest BCUT2D eigenvalue weighted by Gasteiger charge is 2.14. The molecule has 19 heavy (non-hydrogen) atoms. The van der Waals surface area contributed by atoms with E-state index in [9.17, 15) is 9.59 Å². The summed E-state index contributed by atoms with van der Waals surface area (Å²) in [6.45, 7) is 3.62. The molecule has 0 aliphatic rings. The number of carbonyl (C=O) groups is 1. The number of aryl methyl sites for hydroxylation is 2. The van der Waals surface area contributed by atoms with Crippen molar-refractivity contribution >= 4 is 33.0 Å². The summed E-state index contributed by atoms with van der Waals surface area (Å²) in [6.07, 6.45) is 0. The number of aromatic nitrogens is 3. The lowest BCUT2D eigenvalue weighted by Crippen LogP contribution is -2.31. The summed E-state index contributed by atoms with van der Waals surface area (Å²) in [4.78, 5) is 24.4. The molecular formula is C12H12N4O2S. The van der Waals surface area contributed by atoms with Crippen molar-refractivity contribution < 1.29 is 4.79 Å². The van der Waals surface area contributed by atoms with E-state index in [0.717, 1.165) is 14.9 Å². The van der Waals surface area contributed by atoms with Crippen molar-refractivity contribution in [3.63, 3.8) is 0 Å². The van der Waals surface area contributed by atoms with Crippen molar-refractivity contribution in [1.29, 1.82) is 0 Å². The van der Waals surface area contributed by atoms with Crippen LogP contribution in [0.3, 0.4) is 0 Å². The molecule has 7 heteroatoms. The highest BCUT2D eigenvalue weighted by atomic mass is 32.1. The van der Waals surface area contributed by atoms with E-state index in [0.29, 0.717) is 11.3 Å². The van der Waals surface area contributed by atoms with Crippen LogP contribution in [0.2, 0.25) is 0 Å². The number of hydrogen-bond acceptors (Lipinski definition) is 4. The summed E-state index contributed by atoms with van der Waals surface area (Å²) in [6, 6.07) is 3.86. The maximum Gasteiger partial charge on any atom is 0.291 e. The number of fused-ring (bicyclic) bond motifs is 3. The van der Waals surface area contributed by atoms with E-state index in [4.69, 9.17) is 5.73 Å². The third-order valence-electron chi connectivity index (χ3n) is 2.96. The highest BCUT2D eigenvalue weighted by molar-refractivity contribution is 7.19. The minimum atomic E-state index is -0.581. The molecule has 0 radical (unpaired) electrons. The molecule has 0 fully saturated rings. The van der Waals surface area contributed by atoms with Crippen LogP contribution in [0, 0.1) is 13.8 Å². The molecule has 0 saturated carbocycles. The molecule has 6 nitrogen and oxygen atoms in total. The Labute approximate surface area is 112 Å². The van der Waals surface area contributed by atoms with Gasteiger partial charge in [0.05, 0.1) is 10.2 Å². The maximum absolute atomic E-state index is 12.2. The first-order chi connectivity index (χ1) is 8.97. The van der Waals surface area contributed by atoms with Gasteiger partial charge < -0.3 is 5.73 Å². The first-order valence-electron chi connectivity index (χ1n) is 5.75. The van der Waals surface area contributed by atoms with Crippen molar-refractivity contribution in [1.82, 2.24) is 14.2 Å². The molecule has 98 valence electrons. The lowest BCUT2D eigenvalue weighted by atomic mass is 10.4. The Bertz CT molecular complexity index is 871. The van der Waals surface area contributed by atoms with E-state index >= 15 is 0 Å². The van der Waals surface area contributed by atoms with E-state index in [-0.39, 0.29) is 12.1 Å². The van der Waals surface area contributed by atoms with Gasteiger partial charge in [-0.1, -0.05) is 0 Å². The smallest absolute Gasteiger partial charge is 0.291 e. The van der Waals surface area contributed by atoms with E-state index in [1.807, 2.05) is 23.5 Å². The molecule has 1 amide bonds. The maximum atomic E-state index is 12.2. The quantitative estimate of drug-likeness (QED) is 0.752. The van der Waals surface area contributed by atoms with Crippen molar-refractivity contribution in [2.45, 2.75) is 20.4 Å². The third kappa shape index (κ3) is 1.74. The van der Waals surface area contributed by atoms with E-state index < -0.39 is 5.91 Å². The van der Waals surface area contributed by atoms with E-state index in [1.165, 1.54) is 4.88 Å². The molecule has 0 aromatic carbocycles. The van der Waals surface area contributed by atoms with Crippen molar-refractivity contribution in [3.05, 3.63) is 33.2 Å². The summed E-state index contributed by atoms with van der Waals surface area (Å²) < 4.78 is 3.97. The highest BCUT2D eigenvalue weighted by Crippen LogP contribution is 2.27. The second-order valence-electron chi connectivity index (χ2n) is 4.45. The molecule has 0 bridgehead atoms. The number of hydrogen-bond donors (Lipinski definition) is 1. The van der Waals surface area contributed by atoms with E-state index in [1.54, 1.807) is 18.3 Å². The SMILES string of the molecule is Cc1cc2c(cc3c(=O)n(CC(N)=O)nc(C)n32)s1. The van der Waals surface area contributed by atoms with E-state index in [2.05, 4.69) is 5.10 Å². The molecule has 0 saturated heterocycles. The van der Waals surface area contributed by atoms with Gasteiger partial charge in [-0.15, -0.1) is 11.3 Å². The largest absolute Gasteiger partial charge is 0.368 e. The predicted molar refractivity (Wildman–Crippen MR) is 73.5 cm³/mol. The van der Waals surface area contributed by atoms with Gasteiger partial charge in [0.25, 0.3) is 5.56 Å². The second-order valence-corrected chi connectivity index (χ2v) is 5.74. The zero-order valence-electron chi connectivity index (χ0n) is 10.5. The first-order valence-corrected chi connectivity index (χ1v) is 6.56. The van der Waals surface area contributed by atoms with Crippen molar-refractivity contribution in [2.24, 2.45) is 5.73 Å². The molecule has 2 N–H and O–H groups in total. The summed E-state index contributed by atoms with van der Waals surface area (Å²) in [7, 11) is 0. The fourth-order valence-electron chi connectivity index (χ4n) is 2.27. The van der Waals surface area contributed by atoms with Gasteiger partial charge in [0, 0.05) is 4.88 Å². The summed E-state index contributed by atoms with van der Waals surface area (Å²) >= 11 is 1.63. The normalized spacial score (nSPS) is 11.5. The van der Waals surface area contributed by atoms with Gasteiger partial charge in [-0.25, -0.2) is 4.68 Å². The molecular weight excluding hydrogens is 264 g/mol. The van der Waals surface area contributed by atoms with Crippen LogP contribution in [-0.4, -0.2) is 20.1 Å². The molecule has 3 rings (SSSR count). The average molecular weight is 276 g/mol. The van der Waals surface area contributed by atoms with Gasteiger partial charge in [0.2, 0.25) is 5.91 Å². The molecule has 3 heterocycles. The van der Waals surface area contributed by atoms with Crippen molar-refractivity contribution in [2.75, 3.05) is 0 Å². The van der Waals surface area contributed by atoms with Crippen LogP contribution in [0.5, 0.6) is 0 Å². The standard InChI is InChI=1S/C12H12N4O2S/c1-6-3-8-10(19-6)4-9-12(18)15(5-11(13)17)14-7(2)16(8)9/h3-4H,5H2,1-2H3,(H2,13,17). The van der Waals surface area contributed by atoms with Gasteiger partial charge in [-0.2, -0.15) is 5.10 Å². The number of amides is 1. The topological polar surface area (TPSA) is 82.4 Å². The van der Waals surface area contributed by atoms with Crippen LogP contribution in [0.1, 0.15) is 10.7 Å². The molecule has 3 aromatic heterocycles. The van der Waals surface area contributed by atoms with Gasteiger partial charge in [-0.3, -0.25) is 14.0 Å². The van der Waals surface area contributed by atoms with Crippen LogP contribution in [0.15, 0.2) is 16.9 Å². The first kappa shape index (κ1) is 11.9. The number of primary amides is 1. The Balaban J connectivity index is 2.40. The zero-order chi connectivity index (χ0) is 13.7. The van der Waals surface area contributed by atoms with Gasteiger partial charge in [-0.05, 0) is 26.0 Å². The number of nitrogens with zero attached hydrogens (tertiary/aromatic N) is 3. The van der Waals surface area contributed by atoms with Crippen LogP contribution in [0.4, 0.5) is 0 Å². The molecule has 0 aliphatic heterocycles. The molecule has 0 spiro atoms. The molecule has 0 unspecified atom stereocenters. The number of nitrogens with two attached hydrogens (primary N) is 1. The minimum absolute atomic E-state index is 0.200. The van der Waals surface area contributed by atoms with Crippen LogP contribution in [-0.2, 0) is 11.3 Å². The summed E-state index contributed by atoms with van der Waals surface area (Å²) in [5.74, 6) is 0.0752. The Kier molecular flexibility index (Phi) is 2.46. The Hall–Kier alpha value is -2.15. The van der Waals surface area contributed by atoms with Gasteiger partial charge in [0.15, 0.2) is 0 Å². The second kappa shape index (κ2) is 3.92. The summed E-state index contributed by atoms with van der Waals surface area (Å²) in [5.41, 5.74) is 6.32. The Morgan fingerprint density at radius 2 is 2.11 bits per heavy atom. The predicted octanol–water partition coefficient (Wildman–Crippen LogP) is 0.813. The Morgan fingerprint density at radius 1 is 1.37 bits per heavy atom. The molecule has 0 aliphatic carbocycles. The summed E-state index contributed by atoms with van der Waals surface area (Å²) in [5, 5.41) is 4.14. The average Bonchev–Trinajstić information content (AvgIpc) is 2.80.